The molecule has 0 unspecified atom stereocenters. The Morgan fingerprint density at radius 2 is 2.00 bits per heavy atom. The van der Waals surface area contributed by atoms with E-state index >= 15 is 0 Å². The fraction of sp³-hybridized carbons (Fsp3) is 0.100. The second-order valence-corrected chi connectivity index (χ2v) is 8.11. The van der Waals surface area contributed by atoms with Crippen molar-refractivity contribution in [2.45, 2.75) is 12.8 Å². The van der Waals surface area contributed by atoms with Crippen molar-refractivity contribution >= 4 is 62.4 Å². The number of benzene rings is 2. The lowest BCUT2D eigenvalue weighted by Crippen LogP contribution is -1.96. The van der Waals surface area contributed by atoms with Crippen LogP contribution >= 0.6 is 34.5 Å². The number of halogens is 2. The van der Waals surface area contributed by atoms with Gasteiger partial charge in [-0.3, -0.25) is 4.79 Å². The number of aromatic nitrogens is 4. The number of carboxylic acids is 1. The van der Waals surface area contributed by atoms with E-state index in [4.69, 9.17) is 28.3 Å². The van der Waals surface area contributed by atoms with E-state index in [-0.39, 0.29) is 6.42 Å². The van der Waals surface area contributed by atoms with Crippen molar-refractivity contribution in [1.29, 1.82) is 0 Å². The first kappa shape index (κ1) is 19.6. The van der Waals surface area contributed by atoms with E-state index in [1.54, 1.807) is 29.1 Å². The molecule has 0 aliphatic rings. The molecule has 4 rings (SSSR count). The van der Waals surface area contributed by atoms with Crippen LogP contribution < -0.4 is 0 Å². The Hall–Kier alpha value is -2.74. The molecule has 0 spiro atoms. The Kier molecular flexibility index (Phi) is 5.62. The molecular weight excluding hydrogens is 431 g/mol. The molecule has 2 aromatic heterocycles. The third-order valence-corrected chi connectivity index (χ3v) is 5.82. The van der Waals surface area contributed by atoms with Crippen LogP contribution in [0.5, 0.6) is 0 Å². The normalized spacial score (nSPS) is 11.9. The van der Waals surface area contributed by atoms with Crippen molar-refractivity contribution in [3.05, 3.63) is 69.4 Å². The molecule has 0 saturated carbocycles. The van der Waals surface area contributed by atoms with E-state index in [2.05, 4.69) is 15.3 Å². The predicted octanol–water partition coefficient (Wildman–Crippen LogP) is 5.59. The van der Waals surface area contributed by atoms with Crippen LogP contribution in [0.2, 0.25) is 10.0 Å². The van der Waals surface area contributed by atoms with Crippen LogP contribution in [0.15, 0.2) is 48.7 Å². The zero-order valence-electron chi connectivity index (χ0n) is 14.9. The molecule has 146 valence electrons. The molecular formula is C20H14Cl2N4O2S. The lowest BCUT2D eigenvalue weighted by atomic mass is 10.1. The van der Waals surface area contributed by atoms with Crippen LogP contribution in [0, 0.1) is 0 Å². The minimum atomic E-state index is -0.867. The van der Waals surface area contributed by atoms with Gasteiger partial charge in [0.25, 0.3) is 0 Å². The van der Waals surface area contributed by atoms with Crippen molar-refractivity contribution in [3.63, 3.8) is 0 Å². The highest BCUT2D eigenvalue weighted by Crippen LogP contribution is 2.31. The van der Waals surface area contributed by atoms with Gasteiger partial charge >= 0.3 is 5.97 Å². The largest absolute Gasteiger partial charge is 0.481 e. The number of allylic oxidation sites excluding steroid dienone is 1. The number of hydrogen-bond acceptors (Lipinski definition) is 5. The molecule has 0 bridgehead atoms. The predicted molar refractivity (Wildman–Crippen MR) is 116 cm³/mol. The van der Waals surface area contributed by atoms with Gasteiger partial charge in [0.05, 0.1) is 27.1 Å². The van der Waals surface area contributed by atoms with Crippen molar-refractivity contribution in [1.82, 2.24) is 20.0 Å². The quantitative estimate of drug-likeness (QED) is 0.419. The van der Waals surface area contributed by atoms with E-state index < -0.39 is 5.97 Å². The molecule has 6 nitrogen and oxygen atoms in total. The summed E-state index contributed by atoms with van der Waals surface area (Å²) in [7, 11) is 0. The first-order valence-corrected chi connectivity index (χ1v) is 10.2. The SMILES string of the molecule is O=C(O)CC/C(=C/c1cn(-c2ccc(Cl)cc2Cl)nn1)c1nc2ccccc2s1. The third-order valence-electron chi connectivity index (χ3n) is 4.17. The van der Waals surface area contributed by atoms with Gasteiger partial charge in [0.2, 0.25) is 0 Å². The summed E-state index contributed by atoms with van der Waals surface area (Å²) in [6.07, 6.45) is 3.87. The second-order valence-electron chi connectivity index (χ2n) is 6.23. The molecule has 0 aliphatic heterocycles. The first-order chi connectivity index (χ1) is 14.0. The van der Waals surface area contributed by atoms with Crippen LogP contribution in [-0.2, 0) is 4.79 Å². The summed E-state index contributed by atoms with van der Waals surface area (Å²) >= 11 is 13.7. The topological polar surface area (TPSA) is 80.9 Å². The highest BCUT2D eigenvalue weighted by atomic mass is 35.5. The first-order valence-electron chi connectivity index (χ1n) is 8.66. The summed E-state index contributed by atoms with van der Waals surface area (Å²) in [5.41, 5.74) is 2.90. The molecule has 1 N–H and O–H groups in total. The zero-order chi connectivity index (χ0) is 20.4. The van der Waals surface area contributed by atoms with Gasteiger partial charge in [-0.15, -0.1) is 16.4 Å². The fourth-order valence-corrected chi connectivity index (χ4v) is 4.30. The molecule has 0 fully saturated rings. The van der Waals surface area contributed by atoms with Crippen molar-refractivity contribution in [2.24, 2.45) is 0 Å². The smallest absolute Gasteiger partial charge is 0.303 e. The maximum Gasteiger partial charge on any atom is 0.303 e. The molecule has 0 amide bonds. The number of carboxylic acid groups (broad SMARTS) is 1. The van der Waals surface area contributed by atoms with Gasteiger partial charge in [-0.05, 0) is 48.4 Å². The Morgan fingerprint density at radius 3 is 2.76 bits per heavy atom. The van der Waals surface area contributed by atoms with E-state index in [0.717, 1.165) is 20.8 Å². The summed E-state index contributed by atoms with van der Waals surface area (Å²) in [6.45, 7) is 0. The third kappa shape index (κ3) is 4.48. The number of para-hydroxylation sites is 1. The molecule has 2 heterocycles. The molecule has 0 aliphatic carbocycles. The van der Waals surface area contributed by atoms with E-state index in [1.165, 1.54) is 11.3 Å². The second kappa shape index (κ2) is 8.32. The van der Waals surface area contributed by atoms with Gasteiger partial charge in [-0.2, -0.15) is 0 Å². The van der Waals surface area contributed by atoms with Crippen LogP contribution in [0.4, 0.5) is 0 Å². The summed E-state index contributed by atoms with van der Waals surface area (Å²) in [6, 6.07) is 12.9. The summed E-state index contributed by atoms with van der Waals surface area (Å²) < 4.78 is 2.60. The average molecular weight is 445 g/mol. The molecule has 29 heavy (non-hydrogen) atoms. The number of fused-ring (bicyclic) bond motifs is 1. The summed E-state index contributed by atoms with van der Waals surface area (Å²) in [5.74, 6) is -0.867. The van der Waals surface area contributed by atoms with E-state index in [0.29, 0.717) is 27.8 Å². The van der Waals surface area contributed by atoms with E-state index in [1.807, 2.05) is 30.3 Å². The van der Waals surface area contributed by atoms with Gasteiger partial charge < -0.3 is 5.11 Å². The number of carbonyl (C=O) groups is 1. The lowest BCUT2D eigenvalue weighted by Gasteiger charge is -2.03. The Morgan fingerprint density at radius 1 is 1.17 bits per heavy atom. The number of thiazole rings is 1. The van der Waals surface area contributed by atoms with Gasteiger partial charge in [0.1, 0.15) is 10.7 Å². The minimum Gasteiger partial charge on any atom is -0.481 e. The lowest BCUT2D eigenvalue weighted by molar-refractivity contribution is -0.136. The Labute approximate surface area is 180 Å². The maximum absolute atomic E-state index is 11.1. The van der Waals surface area contributed by atoms with Crippen LogP contribution in [0.3, 0.4) is 0 Å². The van der Waals surface area contributed by atoms with Crippen LogP contribution in [-0.4, -0.2) is 31.1 Å². The number of nitrogens with zero attached hydrogens (tertiary/aromatic N) is 4. The van der Waals surface area contributed by atoms with E-state index in [9.17, 15) is 4.79 Å². The summed E-state index contributed by atoms with van der Waals surface area (Å²) in [4.78, 5) is 15.8. The van der Waals surface area contributed by atoms with Gasteiger partial charge in [0.15, 0.2) is 0 Å². The van der Waals surface area contributed by atoms with Crippen LogP contribution in [0.25, 0.3) is 27.6 Å². The highest BCUT2D eigenvalue weighted by Gasteiger charge is 2.13. The van der Waals surface area contributed by atoms with Crippen molar-refractivity contribution < 1.29 is 9.90 Å². The monoisotopic (exact) mass is 444 g/mol. The Balaban J connectivity index is 1.70. The molecule has 0 radical (unpaired) electrons. The molecule has 0 saturated heterocycles. The highest BCUT2D eigenvalue weighted by molar-refractivity contribution is 7.19. The molecule has 4 aromatic rings. The molecule has 0 atom stereocenters. The standard InChI is InChI=1S/C20H14Cl2N4O2S/c21-13-6-7-17(15(22)10-13)26-11-14(24-25-26)9-12(5-8-19(27)28)20-23-16-3-1-2-4-18(16)29-20/h1-4,6-7,9-11H,5,8H2,(H,27,28)/b12-9-. The fourth-order valence-electron chi connectivity index (χ4n) is 2.80. The number of hydrogen-bond donors (Lipinski definition) is 1. The molecule has 9 heteroatoms. The van der Waals surface area contributed by atoms with Gasteiger partial charge in [-0.25, -0.2) is 9.67 Å². The maximum atomic E-state index is 11.1. The Bertz CT molecular complexity index is 1200. The van der Waals surface area contributed by atoms with Crippen molar-refractivity contribution in [2.75, 3.05) is 0 Å². The number of rotatable bonds is 6. The van der Waals surface area contributed by atoms with Gasteiger partial charge in [-0.1, -0.05) is 40.5 Å². The average Bonchev–Trinajstić information content (AvgIpc) is 3.31. The number of aliphatic carboxylic acids is 1. The zero-order valence-corrected chi connectivity index (χ0v) is 17.2. The van der Waals surface area contributed by atoms with Gasteiger partial charge in [0, 0.05) is 11.4 Å². The molecule has 2 aromatic carbocycles. The minimum absolute atomic E-state index is 0.00108. The van der Waals surface area contributed by atoms with Crippen LogP contribution in [0.1, 0.15) is 23.5 Å². The summed E-state index contributed by atoms with van der Waals surface area (Å²) in [5, 5.41) is 19.2. The van der Waals surface area contributed by atoms with Crippen molar-refractivity contribution in [3.8, 4) is 5.69 Å².